The summed E-state index contributed by atoms with van der Waals surface area (Å²) in [6.45, 7) is 2.30. The monoisotopic (exact) mass is 496 g/mol. The highest BCUT2D eigenvalue weighted by atomic mass is 19.1. The maximum absolute atomic E-state index is 14.1. The van der Waals surface area contributed by atoms with Crippen LogP contribution in [0.25, 0.3) is 0 Å². The van der Waals surface area contributed by atoms with E-state index >= 15 is 0 Å². The molecule has 1 aliphatic rings. The molecular weight excluding hydrogens is 463 g/mol. The average molecular weight is 497 g/mol. The fraction of sp³-hybridized carbons (Fsp3) is 0.444. The van der Waals surface area contributed by atoms with Crippen molar-refractivity contribution in [3.63, 3.8) is 0 Å². The van der Waals surface area contributed by atoms with Gasteiger partial charge in [0.2, 0.25) is 0 Å². The van der Waals surface area contributed by atoms with Gasteiger partial charge in [0.1, 0.15) is 18.2 Å². The van der Waals surface area contributed by atoms with E-state index in [1.54, 1.807) is 19.4 Å². The van der Waals surface area contributed by atoms with Gasteiger partial charge in [-0.25, -0.2) is 9.38 Å². The largest absolute Gasteiger partial charge is 0.489 e. The van der Waals surface area contributed by atoms with Gasteiger partial charge < -0.3 is 19.0 Å². The first-order valence-electron chi connectivity index (χ1n) is 12.1. The third-order valence-electron chi connectivity index (χ3n) is 5.68. The number of benzene rings is 2. The Hall–Kier alpha value is -3.64. The predicted octanol–water partition coefficient (Wildman–Crippen LogP) is 5.33. The molecule has 0 aliphatic carbocycles. The molecule has 1 heterocycles. The number of hydrogen-bond acceptors (Lipinski definition) is 7. The van der Waals surface area contributed by atoms with Crippen molar-refractivity contribution in [2.24, 2.45) is 16.1 Å². The minimum absolute atomic E-state index is 0.266. The van der Waals surface area contributed by atoms with Crippen molar-refractivity contribution in [2.45, 2.75) is 38.7 Å². The molecule has 1 saturated heterocycles. The lowest BCUT2D eigenvalue weighted by molar-refractivity contribution is 0.0833. The van der Waals surface area contributed by atoms with Crippen LogP contribution in [0.1, 0.15) is 37.7 Å². The molecule has 0 saturated carbocycles. The summed E-state index contributed by atoms with van der Waals surface area (Å²) in [6, 6.07) is 14.6. The first-order chi connectivity index (χ1) is 17.6. The zero-order chi connectivity index (χ0) is 25.6. The fourth-order valence-electron chi connectivity index (χ4n) is 3.61. The lowest BCUT2D eigenvalue weighted by Crippen LogP contribution is -2.28. The van der Waals surface area contributed by atoms with Crippen LogP contribution >= 0.6 is 0 Å². The van der Waals surface area contributed by atoms with E-state index in [9.17, 15) is 4.39 Å². The number of nitriles is 1. The Morgan fingerprint density at radius 1 is 1.17 bits per heavy atom. The molecule has 8 nitrogen and oxygen atoms in total. The Labute approximate surface area is 211 Å². The third-order valence-corrected chi connectivity index (χ3v) is 5.68. The number of amidine groups is 1. The second-order valence-electron chi connectivity index (χ2n) is 8.42. The molecule has 1 aliphatic heterocycles. The van der Waals surface area contributed by atoms with Crippen molar-refractivity contribution in [3.8, 4) is 17.6 Å². The standard InChI is InChI=1S/C27H33FN4O4/c1-32(27(33-2)30-13-5-3-4-12-29)24-8-6-22(7-9-24)20-35-25-16-23(28)17-26(18-25)36-31-19-21-10-14-34-15-11-21/h6-9,16-19,21H,3-5,10-11,13-15,20H2,1-2H3/b30-27-,31-19?. The van der Waals surface area contributed by atoms with Crippen LogP contribution in [0, 0.1) is 23.1 Å². The topological polar surface area (TPSA) is 88.7 Å². The number of ether oxygens (including phenoxy) is 3. The first-order valence-corrected chi connectivity index (χ1v) is 12.1. The highest BCUT2D eigenvalue weighted by Crippen LogP contribution is 2.24. The molecule has 0 atom stereocenters. The number of aliphatic imine (C=N–C) groups is 1. The second kappa shape index (κ2) is 14.7. The summed E-state index contributed by atoms with van der Waals surface area (Å²) in [4.78, 5) is 11.7. The Morgan fingerprint density at radius 2 is 1.92 bits per heavy atom. The Kier molecular flexibility index (Phi) is 11.0. The molecule has 36 heavy (non-hydrogen) atoms. The van der Waals surface area contributed by atoms with E-state index in [0.29, 0.717) is 30.7 Å². The molecule has 0 radical (unpaired) electrons. The maximum atomic E-state index is 14.1. The summed E-state index contributed by atoms with van der Waals surface area (Å²) < 4.78 is 30.6. The highest BCUT2D eigenvalue weighted by molar-refractivity contribution is 5.91. The molecular formula is C27H33FN4O4. The van der Waals surface area contributed by atoms with Gasteiger partial charge >= 0.3 is 0 Å². The van der Waals surface area contributed by atoms with Gasteiger partial charge in [0.15, 0.2) is 5.75 Å². The Bertz CT molecular complexity index is 1050. The first kappa shape index (κ1) is 27.0. The summed E-state index contributed by atoms with van der Waals surface area (Å²) in [5, 5.41) is 12.6. The van der Waals surface area contributed by atoms with Crippen molar-refractivity contribution in [2.75, 3.05) is 38.8 Å². The molecule has 1 fully saturated rings. The molecule has 3 rings (SSSR count). The van der Waals surface area contributed by atoms with Crippen LogP contribution in [-0.2, 0) is 16.1 Å². The van der Waals surface area contributed by atoms with Gasteiger partial charge in [0.25, 0.3) is 6.02 Å². The van der Waals surface area contributed by atoms with Gasteiger partial charge in [0.05, 0.1) is 13.2 Å². The molecule has 0 amide bonds. The van der Waals surface area contributed by atoms with Crippen LogP contribution in [0.3, 0.4) is 0 Å². The zero-order valence-electron chi connectivity index (χ0n) is 20.9. The number of anilines is 1. The molecule has 0 bridgehead atoms. The lowest BCUT2D eigenvalue weighted by Gasteiger charge is -2.20. The summed E-state index contributed by atoms with van der Waals surface area (Å²) >= 11 is 0. The smallest absolute Gasteiger partial charge is 0.291 e. The van der Waals surface area contributed by atoms with Crippen molar-refractivity contribution >= 4 is 17.9 Å². The van der Waals surface area contributed by atoms with Crippen molar-refractivity contribution < 1.29 is 23.4 Å². The van der Waals surface area contributed by atoms with Crippen LogP contribution in [0.5, 0.6) is 11.5 Å². The van der Waals surface area contributed by atoms with Gasteiger partial charge in [-0.3, -0.25) is 4.90 Å². The number of halogens is 1. The number of hydrogen-bond donors (Lipinski definition) is 0. The summed E-state index contributed by atoms with van der Waals surface area (Å²) in [7, 11) is 3.46. The maximum Gasteiger partial charge on any atom is 0.291 e. The molecule has 2 aromatic rings. The summed E-state index contributed by atoms with van der Waals surface area (Å²) in [6.07, 6.45) is 5.74. The minimum atomic E-state index is -0.459. The SMILES string of the molecule is CO/C(=N\CCCCC#N)N(C)c1ccc(COc2cc(F)cc(ON=CC3CCOCC3)c2)cc1. The third kappa shape index (κ3) is 8.86. The van der Waals surface area contributed by atoms with E-state index in [-0.39, 0.29) is 12.4 Å². The van der Waals surface area contributed by atoms with Crippen molar-refractivity contribution in [1.82, 2.24) is 0 Å². The average Bonchev–Trinajstić information content (AvgIpc) is 2.90. The number of oxime groups is 1. The Morgan fingerprint density at radius 3 is 2.64 bits per heavy atom. The molecule has 0 aromatic heterocycles. The summed E-state index contributed by atoms with van der Waals surface area (Å²) in [5.74, 6) is 0.493. The second-order valence-corrected chi connectivity index (χ2v) is 8.42. The van der Waals surface area contributed by atoms with Gasteiger partial charge in [-0.2, -0.15) is 5.26 Å². The van der Waals surface area contributed by atoms with E-state index in [1.807, 2.05) is 36.2 Å². The lowest BCUT2D eigenvalue weighted by atomic mass is 10.0. The minimum Gasteiger partial charge on any atom is -0.489 e. The highest BCUT2D eigenvalue weighted by Gasteiger charge is 2.12. The predicted molar refractivity (Wildman–Crippen MR) is 137 cm³/mol. The van der Waals surface area contributed by atoms with E-state index in [4.69, 9.17) is 24.3 Å². The molecule has 0 unspecified atom stereocenters. The normalized spacial score (nSPS) is 14.4. The molecule has 2 aromatic carbocycles. The van der Waals surface area contributed by atoms with Gasteiger partial charge in [-0.15, -0.1) is 0 Å². The van der Waals surface area contributed by atoms with Crippen LogP contribution in [-0.4, -0.2) is 46.2 Å². The van der Waals surface area contributed by atoms with E-state index in [0.717, 1.165) is 50.1 Å². The van der Waals surface area contributed by atoms with E-state index in [1.165, 1.54) is 12.1 Å². The molecule has 0 N–H and O–H groups in total. The van der Waals surface area contributed by atoms with Crippen LogP contribution < -0.4 is 14.5 Å². The van der Waals surface area contributed by atoms with Gasteiger partial charge in [0, 0.05) is 69.2 Å². The number of methoxy groups -OCH3 is 1. The van der Waals surface area contributed by atoms with Crippen LogP contribution in [0.15, 0.2) is 52.6 Å². The van der Waals surface area contributed by atoms with E-state index in [2.05, 4.69) is 16.2 Å². The number of rotatable bonds is 11. The number of unbranched alkanes of at least 4 members (excludes halogenated alkanes) is 2. The molecule has 0 spiro atoms. The van der Waals surface area contributed by atoms with Crippen LogP contribution in [0.4, 0.5) is 10.1 Å². The fourth-order valence-corrected chi connectivity index (χ4v) is 3.61. The van der Waals surface area contributed by atoms with Gasteiger partial charge in [-0.05, 0) is 43.4 Å². The summed E-state index contributed by atoms with van der Waals surface area (Å²) in [5.41, 5.74) is 1.82. The van der Waals surface area contributed by atoms with Crippen LogP contribution in [0.2, 0.25) is 0 Å². The van der Waals surface area contributed by atoms with Crippen molar-refractivity contribution in [3.05, 3.63) is 53.8 Å². The van der Waals surface area contributed by atoms with Gasteiger partial charge in [-0.1, -0.05) is 17.3 Å². The molecule has 9 heteroatoms. The quantitative estimate of drug-likeness (QED) is 0.181. The Balaban J connectivity index is 1.53. The zero-order valence-corrected chi connectivity index (χ0v) is 20.9. The molecule has 192 valence electrons. The van der Waals surface area contributed by atoms with Crippen molar-refractivity contribution in [1.29, 1.82) is 5.26 Å². The number of nitrogens with zero attached hydrogens (tertiary/aromatic N) is 4. The van der Waals surface area contributed by atoms with E-state index < -0.39 is 5.82 Å².